The van der Waals surface area contributed by atoms with Gasteiger partial charge in [0.1, 0.15) is 22.8 Å². The molecule has 0 aliphatic heterocycles. The summed E-state index contributed by atoms with van der Waals surface area (Å²) in [6.07, 6.45) is 0. The molecule has 0 bridgehead atoms. The predicted octanol–water partition coefficient (Wildman–Crippen LogP) is 1.48. The molecule has 25 heavy (non-hydrogen) atoms. The number of hydrogen-bond acceptors (Lipinski definition) is 7. The zero-order valence-corrected chi connectivity index (χ0v) is 12.7. The van der Waals surface area contributed by atoms with Crippen molar-refractivity contribution in [2.75, 3.05) is 0 Å². The predicted molar refractivity (Wildman–Crippen MR) is 81.7 cm³/mol. The van der Waals surface area contributed by atoms with Crippen LogP contribution in [0.1, 0.15) is 59.5 Å². The van der Waals surface area contributed by atoms with E-state index < -0.39 is 62.8 Å². The molecule has 0 atom stereocenters. The summed E-state index contributed by atoms with van der Waals surface area (Å²) in [5.74, 6) is -6.57. The number of hydrogen-bond donors (Lipinski definition) is 4. The first-order valence-electron chi connectivity index (χ1n) is 6.94. The highest BCUT2D eigenvalue weighted by atomic mass is 16.4. The van der Waals surface area contributed by atoms with Gasteiger partial charge in [0.25, 0.3) is 0 Å². The summed E-state index contributed by atoms with van der Waals surface area (Å²) in [4.78, 5) is 47.9. The summed E-state index contributed by atoms with van der Waals surface area (Å²) in [5, 5.41) is 38.9. The van der Waals surface area contributed by atoms with E-state index in [2.05, 4.69) is 0 Å². The molecule has 0 saturated heterocycles. The number of carboxylic acid groups (broad SMARTS) is 1. The molecule has 0 fully saturated rings. The average Bonchev–Trinajstić information content (AvgIpc) is 2.50. The Morgan fingerprint density at radius 2 is 1.44 bits per heavy atom. The minimum Gasteiger partial charge on any atom is -0.507 e. The molecular weight excluding hydrogens is 332 g/mol. The molecule has 0 unspecified atom stereocenters. The lowest BCUT2D eigenvalue weighted by atomic mass is 9.81. The fraction of sp³-hybridized carbons (Fsp3) is 0.0588. The van der Waals surface area contributed by atoms with Gasteiger partial charge in [-0.25, -0.2) is 4.79 Å². The number of carbonyl (C=O) groups is 4. The van der Waals surface area contributed by atoms with Gasteiger partial charge in [0, 0.05) is 16.7 Å². The standard InChI is InChI=1S/C17H10O8/c1-5(18)6-2-7-11(9(19)3-6)15(22)12-8(14(7)21)4-10(20)13(16(12)23)17(24)25/h2-4,19-20,23H,1H3,(H,24,25). The highest BCUT2D eigenvalue weighted by molar-refractivity contribution is 6.31. The number of fused-ring (bicyclic) bond motifs is 2. The lowest BCUT2D eigenvalue weighted by Crippen LogP contribution is -2.23. The van der Waals surface area contributed by atoms with E-state index in [1.165, 1.54) is 6.92 Å². The number of benzene rings is 2. The topological polar surface area (TPSA) is 149 Å². The van der Waals surface area contributed by atoms with Gasteiger partial charge in [-0.05, 0) is 25.1 Å². The minimum absolute atomic E-state index is 0.00329. The molecule has 3 rings (SSSR count). The first-order valence-corrected chi connectivity index (χ1v) is 6.94. The van der Waals surface area contributed by atoms with Crippen LogP contribution < -0.4 is 0 Å². The van der Waals surface area contributed by atoms with Crippen molar-refractivity contribution >= 4 is 23.3 Å². The Morgan fingerprint density at radius 3 is 2.00 bits per heavy atom. The van der Waals surface area contributed by atoms with Crippen LogP contribution in [0.15, 0.2) is 18.2 Å². The Morgan fingerprint density at radius 1 is 0.840 bits per heavy atom. The largest absolute Gasteiger partial charge is 0.507 e. The summed E-state index contributed by atoms with van der Waals surface area (Å²) in [7, 11) is 0. The van der Waals surface area contributed by atoms with Gasteiger partial charge >= 0.3 is 5.97 Å². The maximum atomic E-state index is 12.6. The summed E-state index contributed by atoms with van der Waals surface area (Å²) in [6, 6.07) is 2.89. The number of carboxylic acids is 1. The van der Waals surface area contributed by atoms with Gasteiger partial charge < -0.3 is 20.4 Å². The molecule has 4 N–H and O–H groups in total. The third kappa shape index (κ3) is 2.15. The van der Waals surface area contributed by atoms with Gasteiger partial charge in [-0.2, -0.15) is 0 Å². The van der Waals surface area contributed by atoms with Crippen LogP contribution in [0, 0.1) is 0 Å². The Kier molecular flexibility index (Phi) is 3.34. The SMILES string of the molecule is CC(=O)c1cc(O)c2c(c1)C(=O)c1cc(O)c(C(=O)O)c(O)c1C2=O. The van der Waals surface area contributed by atoms with Crippen LogP contribution in [0.4, 0.5) is 0 Å². The van der Waals surface area contributed by atoms with Gasteiger partial charge in [0.2, 0.25) is 5.78 Å². The van der Waals surface area contributed by atoms with Crippen molar-refractivity contribution in [1.29, 1.82) is 0 Å². The van der Waals surface area contributed by atoms with Gasteiger partial charge in [-0.1, -0.05) is 0 Å². The van der Waals surface area contributed by atoms with E-state index in [1.54, 1.807) is 0 Å². The van der Waals surface area contributed by atoms with Gasteiger partial charge in [0.05, 0.1) is 11.1 Å². The lowest BCUT2D eigenvalue weighted by molar-refractivity contribution is 0.0689. The van der Waals surface area contributed by atoms with Crippen LogP contribution >= 0.6 is 0 Å². The van der Waals surface area contributed by atoms with E-state index in [4.69, 9.17) is 5.11 Å². The number of aromatic hydroxyl groups is 3. The van der Waals surface area contributed by atoms with Crippen molar-refractivity contribution in [2.45, 2.75) is 6.92 Å². The fourth-order valence-corrected chi connectivity index (χ4v) is 2.79. The molecule has 2 aromatic carbocycles. The van der Waals surface area contributed by atoms with E-state index in [1.807, 2.05) is 0 Å². The lowest BCUT2D eigenvalue weighted by Gasteiger charge is -2.21. The van der Waals surface area contributed by atoms with Crippen molar-refractivity contribution in [2.24, 2.45) is 0 Å². The van der Waals surface area contributed by atoms with Crippen LogP contribution in [0.25, 0.3) is 0 Å². The monoisotopic (exact) mass is 342 g/mol. The molecule has 0 spiro atoms. The van der Waals surface area contributed by atoms with Crippen molar-refractivity contribution < 1.29 is 39.6 Å². The quantitative estimate of drug-likeness (QED) is 0.512. The number of aromatic carboxylic acids is 1. The second-order valence-corrected chi connectivity index (χ2v) is 5.48. The van der Waals surface area contributed by atoms with Crippen LogP contribution in [0.5, 0.6) is 17.2 Å². The maximum Gasteiger partial charge on any atom is 0.343 e. The summed E-state index contributed by atoms with van der Waals surface area (Å²) in [6.45, 7) is 1.21. The van der Waals surface area contributed by atoms with E-state index in [-0.39, 0.29) is 11.1 Å². The number of phenolic OH excluding ortho intramolecular Hbond substituents is 1. The number of phenols is 3. The molecule has 1 aliphatic carbocycles. The molecule has 126 valence electrons. The van der Waals surface area contributed by atoms with Crippen LogP contribution in [-0.4, -0.2) is 43.7 Å². The second-order valence-electron chi connectivity index (χ2n) is 5.48. The molecule has 0 aromatic heterocycles. The molecule has 1 aliphatic rings. The highest BCUT2D eigenvalue weighted by Crippen LogP contribution is 2.41. The first kappa shape index (κ1) is 16.2. The first-order chi connectivity index (χ1) is 11.6. The van der Waals surface area contributed by atoms with Gasteiger partial charge in [-0.3, -0.25) is 14.4 Å². The van der Waals surface area contributed by atoms with Crippen molar-refractivity contribution in [3.8, 4) is 17.2 Å². The number of carbonyl (C=O) groups excluding carboxylic acids is 3. The smallest absolute Gasteiger partial charge is 0.343 e. The van der Waals surface area contributed by atoms with E-state index in [9.17, 15) is 34.5 Å². The molecule has 0 radical (unpaired) electrons. The van der Waals surface area contributed by atoms with Crippen molar-refractivity contribution in [3.63, 3.8) is 0 Å². The summed E-state index contributed by atoms with van der Waals surface area (Å²) in [5.41, 5.74) is -2.69. The normalized spacial score (nSPS) is 12.5. The molecular formula is C17H10O8. The highest BCUT2D eigenvalue weighted by Gasteiger charge is 2.38. The zero-order valence-electron chi connectivity index (χ0n) is 12.7. The molecule has 8 nitrogen and oxygen atoms in total. The van der Waals surface area contributed by atoms with E-state index in [0.29, 0.717) is 0 Å². The third-order valence-electron chi connectivity index (χ3n) is 3.96. The molecule has 0 heterocycles. The van der Waals surface area contributed by atoms with Crippen LogP contribution in [-0.2, 0) is 0 Å². The molecule has 8 heteroatoms. The van der Waals surface area contributed by atoms with Gasteiger partial charge in [0.15, 0.2) is 11.6 Å². The number of ketones is 3. The second kappa shape index (κ2) is 5.17. The summed E-state index contributed by atoms with van der Waals surface area (Å²) < 4.78 is 0. The zero-order chi connectivity index (χ0) is 18.6. The average molecular weight is 342 g/mol. The van der Waals surface area contributed by atoms with Crippen LogP contribution in [0.2, 0.25) is 0 Å². The Bertz CT molecular complexity index is 1020. The van der Waals surface area contributed by atoms with Crippen molar-refractivity contribution in [1.82, 2.24) is 0 Å². The van der Waals surface area contributed by atoms with E-state index >= 15 is 0 Å². The van der Waals surface area contributed by atoms with Crippen LogP contribution in [0.3, 0.4) is 0 Å². The van der Waals surface area contributed by atoms with E-state index in [0.717, 1.165) is 18.2 Å². The Hall–Kier alpha value is -3.68. The molecule has 2 aromatic rings. The number of Topliss-reactive ketones (excluding diaryl/α,β-unsaturated/α-hetero) is 1. The molecule has 0 amide bonds. The maximum absolute atomic E-state index is 12.6. The van der Waals surface area contributed by atoms with Crippen molar-refractivity contribution in [3.05, 3.63) is 51.6 Å². The number of rotatable bonds is 2. The van der Waals surface area contributed by atoms with Gasteiger partial charge in [-0.15, -0.1) is 0 Å². The Balaban J connectivity index is 2.38. The molecule has 0 saturated carbocycles. The minimum atomic E-state index is -1.69. The fourth-order valence-electron chi connectivity index (χ4n) is 2.79. The Labute approximate surface area is 139 Å². The third-order valence-corrected chi connectivity index (χ3v) is 3.96. The summed E-state index contributed by atoms with van der Waals surface area (Å²) >= 11 is 0.